The summed E-state index contributed by atoms with van der Waals surface area (Å²) >= 11 is 0. The summed E-state index contributed by atoms with van der Waals surface area (Å²) in [4.78, 5) is 0. The Hall–Kier alpha value is -1.25. The molecule has 1 atom stereocenters. The summed E-state index contributed by atoms with van der Waals surface area (Å²) in [5, 5.41) is 11.5. The van der Waals surface area contributed by atoms with Crippen LogP contribution in [0.25, 0.3) is 0 Å². The highest BCUT2D eigenvalue weighted by Crippen LogP contribution is 2.21. The van der Waals surface area contributed by atoms with Crippen LogP contribution in [0.2, 0.25) is 0 Å². The first-order valence-electron chi connectivity index (χ1n) is 4.15. The van der Waals surface area contributed by atoms with Crippen LogP contribution in [0.3, 0.4) is 0 Å². The van der Waals surface area contributed by atoms with E-state index in [9.17, 15) is 0 Å². The number of nitrogens with zero attached hydrogens (tertiary/aromatic N) is 3. The monoisotopic (exact) mass is 161 g/mol. The second kappa shape index (κ2) is 2.66. The van der Waals surface area contributed by atoms with Crippen LogP contribution in [-0.2, 0) is 0 Å². The molecule has 1 aliphatic carbocycles. The van der Waals surface area contributed by atoms with Crippen molar-refractivity contribution < 1.29 is 0 Å². The van der Waals surface area contributed by atoms with E-state index < -0.39 is 0 Å². The second-order valence-corrected chi connectivity index (χ2v) is 3.33. The predicted octanol–water partition coefficient (Wildman–Crippen LogP) is 2.33. The lowest BCUT2D eigenvalue weighted by atomic mass is 9.94. The molecule has 1 unspecified atom stereocenters. The van der Waals surface area contributed by atoms with E-state index in [1.54, 1.807) is 0 Å². The lowest BCUT2D eigenvalue weighted by Gasteiger charge is -2.12. The quantitative estimate of drug-likeness (QED) is 0.566. The first kappa shape index (κ1) is 7.40. The van der Waals surface area contributed by atoms with Gasteiger partial charge in [0.1, 0.15) is 6.04 Å². The molecule has 0 aromatic rings. The minimum Gasteiger partial charge on any atom is -0.155 e. The summed E-state index contributed by atoms with van der Waals surface area (Å²) < 4.78 is 0. The molecule has 0 saturated heterocycles. The van der Waals surface area contributed by atoms with Crippen LogP contribution < -0.4 is 0 Å². The Morgan fingerprint density at radius 3 is 2.92 bits per heavy atom. The van der Waals surface area contributed by atoms with Gasteiger partial charge in [-0.25, -0.2) is 0 Å². The third-order valence-electron chi connectivity index (χ3n) is 2.10. The number of rotatable bonds is 1. The van der Waals surface area contributed by atoms with Crippen molar-refractivity contribution in [2.75, 3.05) is 0 Å². The van der Waals surface area contributed by atoms with Crippen LogP contribution >= 0.6 is 0 Å². The van der Waals surface area contributed by atoms with Crippen molar-refractivity contribution in [3.05, 3.63) is 23.8 Å². The van der Waals surface area contributed by atoms with Gasteiger partial charge in [-0.2, -0.15) is 5.11 Å². The van der Waals surface area contributed by atoms with Crippen LogP contribution in [-0.4, -0.2) is 11.8 Å². The summed E-state index contributed by atoms with van der Waals surface area (Å²) in [6.45, 7) is 4.34. The van der Waals surface area contributed by atoms with Crippen LogP contribution in [0, 0.1) is 5.92 Å². The third kappa shape index (κ3) is 1.11. The van der Waals surface area contributed by atoms with E-state index in [1.807, 2.05) is 6.08 Å². The molecular formula is C9H11N3. The Morgan fingerprint density at radius 2 is 2.17 bits per heavy atom. The van der Waals surface area contributed by atoms with Gasteiger partial charge >= 0.3 is 0 Å². The molecule has 3 nitrogen and oxygen atoms in total. The lowest BCUT2D eigenvalue weighted by molar-refractivity contribution is 0.779. The third-order valence-corrected chi connectivity index (χ3v) is 2.10. The van der Waals surface area contributed by atoms with Gasteiger partial charge in [-0.3, -0.25) is 0 Å². The molecule has 0 fully saturated rings. The van der Waals surface area contributed by atoms with Crippen molar-refractivity contribution in [1.82, 2.24) is 0 Å². The van der Waals surface area contributed by atoms with E-state index in [2.05, 4.69) is 41.4 Å². The zero-order valence-corrected chi connectivity index (χ0v) is 7.23. The lowest BCUT2D eigenvalue weighted by Crippen LogP contribution is -2.15. The zero-order chi connectivity index (χ0) is 8.55. The number of allylic oxidation sites excluding steroid dienone is 2. The molecule has 2 rings (SSSR count). The molecule has 2 aliphatic rings. The zero-order valence-electron chi connectivity index (χ0n) is 7.23. The average molecular weight is 161 g/mol. The van der Waals surface area contributed by atoms with E-state index in [-0.39, 0.29) is 6.04 Å². The highest BCUT2D eigenvalue weighted by atomic mass is 15.4. The Kier molecular flexibility index (Phi) is 1.64. The van der Waals surface area contributed by atoms with Crippen molar-refractivity contribution in [3.63, 3.8) is 0 Å². The van der Waals surface area contributed by atoms with E-state index in [0.29, 0.717) is 5.92 Å². The van der Waals surface area contributed by atoms with Gasteiger partial charge in [-0.15, -0.1) is 5.10 Å². The molecule has 3 heteroatoms. The molecule has 0 N–H and O–H groups in total. The summed E-state index contributed by atoms with van der Waals surface area (Å²) in [6, 6.07) is 0.0902. The fourth-order valence-electron chi connectivity index (χ4n) is 1.31. The average Bonchev–Trinajstić information content (AvgIpc) is 2.49. The molecule has 0 radical (unpaired) electrons. The maximum atomic E-state index is 3.98. The van der Waals surface area contributed by atoms with E-state index in [0.717, 1.165) is 5.71 Å². The van der Waals surface area contributed by atoms with Crippen molar-refractivity contribution >= 4 is 5.71 Å². The Morgan fingerprint density at radius 1 is 1.33 bits per heavy atom. The smallest absolute Gasteiger partial charge is 0.135 e. The highest BCUT2D eigenvalue weighted by Gasteiger charge is 2.19. The van der Waals surface area contributed by atoms with Crippen LogP contribution in [0.1, 0.15) is 13.8 Å². The van der Waals surface area contributed by atoms with Gasteiger partial charge in [0.25, 0.3) is 0 Å². The standard InChI is InChI=1S/C9H11N3/c1-6(2)7-3-4-8-9(5-7)11-12-10-8/h3-6,9H,1-2H3. The van der Waals surface area contributed by atoms with E-state index in [1.165, 1.54) is 5.57 Å². The molecule has 1 heterocycles. The second-order valence-electron chi connectivity index (χ2n) is 3.33. The largest absolute Gasteiger partial charge is 0.155 e. The van der Waals surface area contributed by atoms with Gasteiger partial charge in [-0.1, -0.05) is 19.9 Å². The molecular weight excluding hydrogens is 150 g/mol. The Labute approximate surface area is 71.6 Å². The van der Waals surface area contributed by atoms with E-state index >= 15 is 0 Å². The normalized spacial score (nSPS) is 25.8. The van der Waals surface area contributed by atoms with Crippen molar-refractivity contribution in [2.24, 2.45) is 21.4 Å². The molecule has 0 spiro atoms. The van der Waals surface area contributed by atoms with Crippen molar-refractivity contribution in [1.29, 1.82) is 0 Å². The fraction of sp³-hybridized carbons (Fsp3) is 0.444. The van der Waals surface area contributed by atoms with Gasteiger partial charge < -0.3 is 0 Å². The highest BCUT2D eigenvalue weighted by molar-refractivity contribution is 6.02. The Bertz CT molecular complexity index is 308. The van der Waals surface area contributed by atoms with Gasteiger partial charge in [-0.05, 0) is 28.9 Å². The topological polar surface area (TPSA) is 37.1 Å². The molecule has 62 valence electrons. The fourth-order valence-corrected chi connectivity index (χ4v) is 1.31. The molecule has 0 aromatic heterocycles. The molecule has 12 heavy (non-hydrogen) atoms. The molecule has 0 aromatic carbocycles. The van der Waals surface area contributed by atoms with E-state index in [4.69, 9.17) is 0 Å². The van der Waals surface area contributed by atoms with Crippen LogP contribution in [0.4, 0.5) is 0 Å². The predicted molar refractivity (Wildman–Crippen MR) is 48.1 cm³/mol. The number of hydrogen-bond donors (Lipinski definition) is 0. The maximum Gasteiger partial charge on any atom is 0.135 e. The number of hydrogen-bond acceptors (Lipinski definition) is 3. The Balaban J connectivity index is 2.28. The van der Waals surface area contributed by atoms with Crippen molar-refractivity contribution in [2.45, 2.75) is 19.9 Å². The summed E-state index contributed by atoms with van der Waals surface area (Å²) in [7, 11) is 0. The molecule has 0 bridgehead atoms. The molecule has 1 aliphatic heterocycles. The summed E-state index contributed by atoms with van der Waals surface area (Å²) in [6.07, 6.45) is 6.22. The van der Waals surface area contributed by atoms with Crippen LogP contribution in [0.15, 0.2) is 39.2 Å². The maximum absolute atomic E-state index is 3.98. The minimum atomic E-state index is 0.0902. The van der Waals surface area contributed by atoms with Gasteiger partial charge in [0.05, 0.1) is 5.71 Å². The summed E-state index contributed by atoms with van der Waals surface area (Å²) in [5.74, 6) is 0.554. The SMILES string of the molecule is CC(C)C1=CC2N=NN=C2C=C1. The van der Waals surface area contributed by atoms with Gasteiger partial charge in [0.15, 0.2) is 0 Å². The van der Waals surface area contributed by atoms with Gasteiger partial charge in [0, 0.05) is 0 Å². The molecule has 0 saturated carbocycles. The first-order valence-corrected chi connectivity index (χ1v) is 4.15. The summed E-state index contributed by atoms with van der Waals surface area (Å²) in [5.41, 5.74) is 2.28. The van der Waals surface area contributed by atoms with Crippen LogP contribution in [0.5, 0.6) is 0 Å². The minimum absolute atomic E-state index is 0.0902. The molecule has 0 amide bonds. The number of fused-ring (bicyclic) bond motifs is 1. The first-order chi connectivity index (χ1) is 5.77. The van der Waals surface area contributed by atoms with Gasteiger partial charge in [0.2, 0.25) is 0 Å². The van der Waals surface area contributed by atoms with Crippen molar-refractivity contribution in [3.8, 4) is 0 Å².